The number of ether oxygens (including phenoxy) is 5. The Hall–Kier alpha value is -5.13. The molecule has 1 aliphatic heterocycles. The van der Waals surface area contributed by atoms with Gasteiger partial charge in [-0.15, -0.1) is 0 Å². The summed E-state index contributed by atoms with van der Waals surface area (Å²) in [6, 6.07) is 22.8. The standard InChI is InChI=1S/C37H37Cl2N5O7/c1-47-28-18-32(48-2)30(33(19-28)49-3)22-41-36(46)37(20-24-7-4-5-8-25(24)21-42-44-40)34(29-14-11-26(38)17-31(29)39)51-35(43-37)23-9-12-27(13-10-23)50-16-6-15-45/h4-5,7-14,17-19,34,45H,6,15-16,20-22H2,1-3H3,(H,41,46)/t34-,37-/m1/s1. The number of methoxy groups -OCH3 is 3. The molecule has 4 aromatic carbocycles. The van der Waals surface area contributed by atoms with Crippen LogP contribution >= 0.6 is 23.2 Å². The minimum absolute atomic E-state index is 0.00307. The van der Waals surface area contributed by atoms with Gasteiger partial charge >= 0.3 is 0 Å². The molecule has 1 heterocycles. The predicted octanol–water partition coefficient (Wildman–Crippen LogP) is 7.41. The van der Waals surface area contributed by atoms with E-state index >= 15 is 0 Å². The summed E-state index contributed by atoms with van der Waals surface area (Å²) in [7, 11) is 4.57. The number of halogens is 2. The van der Waals surface area contributed by atoms with Crippen LogP contribution in [0.15, 0.2) is 89.0 Å². The third-order valence-electron chi connectivity index (χ3n) is 8.40. The van der Waals surface area contributed by atoms with E-state index in [0.717, 1.165) is 11.1 Å². The van der Waals surface area contributed by atoms with Gasteiger partial charge in [-0.25, -0.2) is 4.99 Å². The molecule has 0 unspecified atom stereocenters. The van der Waals surface area contributed by atoms with Gasteiger partial charge in [0, 0.05) is 57.7 Å². The molecule has 5 rings (SSSR count). The number of benzene rings is 4. The SMILES string of the molecule is COc1cc(OC)c(CNC(=O)[C@]2(Cc3ccccc3CN=[N+]=[N-])N=C(c3ccc(OCCCO)cc3)O[C@@H]2c2ccc(Cl)cc2Cl)c(OC)c1. The molecule has 266 valence electrons. The lowest BCUT2D eigenvalue weighted by molar-refractivity contribution is -0.129. The highest BCUT2D eigenvalue weighted by atomic mass is 35.5. The van der Waals surface area contributed by atoms with E-state index in [1.165, 1.54) is 21.3 Å². The number of carbonyl (C=O) groups excluding carboxylic acids is 1. The normalized spacial score (nSPS) is 16.4. The molecule has 0 saturated heterocycles. The first-order valence-electron chi connectivity index (χ1n) is 16.0. The van der Waals surface area contributed by atoms with Crippen molar-refractivity contribution in [2.45, 2.75) is 37.6 Å². The maximum atomic E-state index is 14.9. The molecular formula is C37H37Cl2N5O7. The number of hydrogen-bond donors (Lipinski definition) is 2. The zero-order chi connectivity index (χ0) is 36.4. The third-order valence-corrected chi connectivity index (χ3v) is 8.96. The number of amides is 1. The van der Waals surface area contributed by atoms with Crippen molar-refractivity contribution in [3.63, 3.8) is 0 Å². The first-order chi connectivity index (χ1) is 24.8. The van der Waals surface area contributed by atoms with Gasteiger partial charge in [-0.1, -0.05) is 58.6 Å². The molecule has 0 saturated carbocycles. The summed E-state index contributed by atoms with van der Waals surface area (Å²) in [4.78, 5) is 23.0. The lowest BCUT2D eigenvalue weighted by Crippen LogP contribution is -2.50. The zero-order valence-corrected chi connectivity index (χ0v) is 29.8. The van der Waals surface area contributed by atoms with Crippen molar-refractivity contribution in [3.8, 4) is 23.0 Å². The number of aliphatic imine (C=N–C) groups is 1. The fourth-order valence-corrected chi connectivity index (χ4v) is 6.34. The second-order valence-electron chi connectivity index (χ2n) is 11.5. The molecule has 0 bridgehead atoms. The summed E-state index contributed by atoms with van der Waals surface area (Å²) >= 11 is 13.1. The Morgan fingerprint density at radius 3 is 2.31 bits per heavy atom. The number of nitrogens with zero attached hydrogens (tertiary/aromatic N) is 4. The summed E-state index contributed by atoms with van der Waals surface area (Å²) < 4.78 is 29.0. The number of azide groups is 1. The molecule has 1 amide bonds. The minimum Gasteiger partial charge on any atom is -0.496 e. The maximum Gasteiger partial charge on any atom is 0.252 e. The highest BCUT2D eigenvalue weighted by molar-refractivity contribution is 6.35. The minimum atomic E-state index is -1.64. The van der Waals surface area contributed by atoms with Crippen molar-refractivity contribution < 1.29 is 33.6 Å². The van der Waals surface area contributed by atoms with Crippen LogP contribution in [0.2, 0.25) is 10.0 Å². The fourth-order valence-electron chi connectivity index (χ4n) is 5.83. The average Bonchev–Trinajstić information content (AvgIpc) is 3.53. The van der Waals surface area contributed by atoms with Crippen LogP contribution in [0.1, 0.15) is 40.3 Å². The van der Waals surface area contributed by atoms with E-state index < -0.39 is 17.6 Å². The summed E-state index contributed by atoms with van der Waals surface area (Å²) in [5.74, 6) is 1.75. The highest BCUT2D eigenvalue weighted by Gasteiger charge is 2.54. The van der Waals surface area contributed by atoms with Gasteiger partial charge in [-0.2, -0.15) is 0 Å². The molecule has 2 atom stereocenters. The first kappa shape index (κ1) is 37.1. The van der Waals surface area contributed by atoms with Crippen molar-refractivity contribution in [1.29, 1.82) is 0 Å². The van der Waals surface area contributed by atoms with E-state index in [0.29, 0.717) is 57.7 Å². The van der Waals surface area contributed by atoms with Gasteiger partial charge < -0.3 is 34.1 Å². The molecule has 51 heavy (non-hydrogen) atoms. The van der Waals surface area contributed by atoms with Crippen LogP contribution in [-0.4, -0.2) is 57.0 Å². The van der Waals surface area contributed by atoms with Crippen LogP contribution < -0.4 is 24.3 Å². The van der Waals surface area contributed by atoms with Gasteiger partial charge in [-0.05, 0) is 53.1 Å². The Morgan fingerprint density at radius 2 is 1.69 bits per heavy atom. The number of hydrogen-bond acceptors (Lipinski definition) is 9. The highest BCUT2D eigenvalue weighted by Crippen LogP contribution is 2.46. The summed E-state index contributed by atoms with van der Waals surface area (Å²) in [6.45, 7) is 0.438. The van der Waals surface area contributed by atoms with Gasteiger partial charge in [0.05, 0.1) is 46.6 Å². The van der Waals surface area contributed by atoms with E-state index in [9.17, 15) is 4.79 Å². The molecule has 0 aromatic heterocycles. The van der Waals surface area contributed by atoms with Crippen molar-refractivity contribution in [1.82, 2.24) is 5.32 Å². The number of aliphatic hydroxyl groups excluding tert-OH is 1. The summed E-state index contributed by atoms with van der Waals surface area (Å²) in [6.07, 6.45) is -0.485. The van der Waals surface area contributed by atoms with Crippen LogP contribution in [0.25, 0.3) is 10.4 Å². The maximum absolute atomic E-state index is 14.9. The molecule has 1 aliphatic rings. The first-order valence-corrected chi connectivity index (χ1v) is 16.7. The Balaban J connectivity index is 1.65. The smallest absolute Gasteiger partial charge is 0.252 e. The van der Waals surface area contributed by atoms with Crippen LogP contribution in [0.5, 0.6) is 23.0 Å². The topological polar surface area (TPSA) is 157 Å². The lowest BCUT2D eigenvalue weighted by atomic mass is 9.80. The van der Waals surface area contributed by atoms with Crippen LogP contribution in [0, 0.1) is 0 Å². The third kappa shape index (κ3) is 8.44. The van der Waals surface area contributed by atoms with Gasteiger partial charge in [0.1, 0.15) is 23.0 Å². The molecule has 2 N–H and O–H groups in total. The lowest BCUT2D eigenvalue weighted by Gasteiger charge is -2.32. The Labute approximate surface area is 305 Å². The van der Waals surface area contributed by atoms with Crippen molar-refractivity contribution in [2.75, 3.05) is 34.5 Å². The van der Waals surface area contributed by atoms with Crippen molar-refractivity contribution >= 4 is 35.0 Å². The molecule has 0 radical (unpaired) electrons. The van der Waals surface area contributed by atoms with Crippen LogP contribution in [-0.2, 0) is 29.0 Å². The van der Waals surface area contributed by atoms with Crippen LogP contribution in [0.3, 0.4) is 0 Å². The van der Waals surface area contributed by atoms with Gasteiger partial charge in [0.15, 0.2) is 11.6 Å². The van der Waals surface area contributed by atoms with E-state index in [-0.39, 0.29) is 37.0 Å². The number of aliphatic hydroxyl groups is 1. The Morgan fingerprint density at radius 1 is 0.980 bits per heavy atom. The molecule has 0 spiro atoms. The molecule has 12 nitrogen and oxygen atoms in total. The van der Waals surface area contributed by atoms with Gasteiger partial charge in [0.2, 0.25) is 5.90 Å². The Kier molecular flexibility index (Phi) is 12.5. The van der Waals surface area contributed by atoms with Gasteiger partial charge in [0.25, 0.3) is 5.91 Å². The fraction of sp³-hybridized carbons (Fsp3) is 0.297. The number of nitrogens with one attached hydrogen (secondary N) is 1. The second-order valence-corrected chi connectivity index (χ2v) is 12.3. The molecule has 14 heteroatoms. The second kappa shape index (κ2) is 17.2. The quantitative estimate of drug-likeness (QED) is 0.0526. The summed E-state index contributed by atoms with van der Waals surface area (Å²) in [5.41, 5.74) is 10.6. The predicted molar refractivity (Wildman–Crippen MR) is 194 cm³/mol. The van der Waals surface area contributed by atoms with E-state index in [1.54, 1.807) is 54.6 Å². The summed E-state index contributed by atoms with van der Waals surface area (Å²) in [5, 5.41) is 16.7. The average molecular weight is 735 g/mol. The Bertz CT molecular complexity index is 1910. The van der Waals surface area contributed by atoms with E-state index in [1.807, 2.05) is 24.3 Å². The monoisotopic (exact) mass is 733 g/mol. The zero-order valence-electron chi connectivity index (χ0n) is 28.3. The van der Waals surface area contributed by atoms with Crippen molar-refractivity contribution in [2.24, 2.45) is 10.1 Å². The number of carbonyl (C=O) groups is 1. The largest absolute Gasteiger partial charge is 0.496 e. The van der Waals surface area contributed by atoms with Crippen molar-refractivity contribution in [3.05, 3.63) is 127 Å². The molecule has 4 aromatic rings. The molecule has 0 fully saturated rings. The number of rotatable bonds is 16. The molecular weight excluding hydrogens is 697 g/mol. The van der Waals surface area contributed by atoms with Crippen LogP contribution in [0.4, 0.5) is 0 Å². The van der Waals surface area contributed by atoms with Gasteiger partial charge in [-0.3, -0.25) is 4.79 Å². The molecule has 0 aliphatic carbocycles. The van der Waals surface area contributed by atoms with E-state index in [4.69, 9.17) is 62.5 Å². The van der Waals surface area contributed by atoms with E-state index in [2.05, 4.69) is 15.3 Å².